The molecular weight excluding hydrogens is 362 g/mol. The Labute approximate surface area is 167 Å². The van der Waals surface area contributed by atoms with Crippen LogP contribution in [-0.4, -0.2) is 82.6 Å². The fourth-order valence-electron chi connectivity index (χ4n) is 2.92. The maximum atomic E-state index is 5.48. The molecule has 0 aliphatic carbocycles. The van der Waals surface area contributed by atoms with Gasteiger partial charge in [-0.1, -0.05) is 0 Å². The van der Waals surface area contributed by atoms with Crippen molar-refractivity contribution in [3.8, 4) is 0 Å². The fraction of sp³-hybridized carbons (Fsp3) is 0.833. The molecular formula is C18H35N7OS. The number of nitrogens with one attached hydrogen (secondary N) is 2. The van der Waals surface area contributed by atoms with E-state index in [0.29, 0.717) is 6.54 Å². The summed E-state index contributed by atoms with van der Waals surface area (Å²) in [4.78, 5) is 7.21. The molecule has 0 saturated carbocycles. The van der Waals surface area contributed by atoms with Gasteiger partial charge in [-0.2, -0.15) is 11.8 Å². The quantitative estimate of drug-likeness (QED) is 0.366. The Morgan fingerprint density at radius 2 is 2.00 bits per heavy atom. The average Bonchev–Trinajstić information content (AvgIpc) is 2.99. The number of hydrogen-bond donors (Lipinski definition) is 2. The summed E-state index contributed by atoms with van der Waals surface area (Å²) in [6.45, 7) is 12.3. The highest BCUT2D eigenvalue weighted by Crippen LogP contribution is 2.15. The lowest BCUT2D eigenvalue weighted by Gasteiger charge is -2.41. The lowest BCUT2D eigenvalue weighted by Crippen LogP contribution is -2.56. The number of aromatic nitrogens is 3. The Kier molecular flexibility index (Phi) is 8.85. The highest BCUT2D eigenvalue weighted by molar-refractivity contribution is 7.98. The number of ether oxygens (including phenoxy) is 1. The third kappa shape index (κ3) is 6.97. The zero-order chi connectivity index (χ0) is 19.7. The number of hydrogen-bond acceptors (Lipinski definition) is 6. The van der Waals surface area contributed by atoms with Gasteiger partial charge in [-0.3, -0.25) is 4.90 Å². The Morgan fingerprint density at radius 1 is 1.26 bits per heavy atom. The van der Waals surface area contributed by atoms with E-state index in [9.17, 15) is 0 Å². The van der Waals surface area contributed by atoms with Gasteiger partial charge in [-0.15, -0.1) is 10.2 Å². The number of thioether (sulfide) groups is 1. The van der Waals surface area contributed by atoms with Crippen molar-refractivity contribution in [2.24, 2.45) is 12.0 Å². The second-order valence-corrected chi connectivity index (χ2v) is 8.41. The highest BCUT2D eigenvalue weighted by Gasteiger charge is 2.28. The zero-order valence-electron chi connectivity index (χ0n) is 17.4. The SMILES string of the molecule is CSCCCNC(=NCc1nnc(C)n1C)NCC(C)(C)N1CCOCC1. The topological polar surface area (TPSA) is 79.6 Å². The van der Waals surface area contributed by atoms with Crippen molar-refractivity contribution >= 4 is 17.7 Å². The van der Waals surface area contributed by atoms with Gasteiger partial charge in [0.25, 0.3) is 0 Å². The summed E-state index contributed by atoms with van der Waals surface area (Å²) in [5.41, 5.74) is 0.0346. The first-order valence-electron chi connectivity index (χ1n) is 9.63. The van der Waals surface area contributed by atoms with Crippen LogP contribution < -0.4 is 10.6 Å². The van der Waals surface area contributed by atoms with Gasteiger partial charge < -0.3 is 19.9 Å². The van der Waals surface area contributed by atoms with Gasteiger partial charge in [0.2, 0.25) is 0 Å². The van der Waals surface area contributed by atoms with Gasteiger partial charge in [0, 0.05) is 38.8 Å². The number of morpholine rings is 1. The molecule has 0 aromatic carbocycles. The molecule has 0 radical (unpaired) electrons. The van der Waals surface area contributed by atoms with E-state index >= 15 is 0 Å². The number of aliphatic imine (C=N–C) groups is 1. The van der Waals surface area contributed by atoms with Gasteiger partial charge in [-0.25, -0.2) is 4.99 Å². The molecule has 1 aliphatic rings. The van der Waals surface area contributed by atoms with Crippen molar-refractivity contribution < 1.29 is 4.74 Å². The average molecular weight is 398 g/mol. The fourth-order valence-corrected chi connectivity index (χ4v) is 3.35. The minimum Gasteiger partial charge on any atom is -0.379 e. The van der Waals surface area contributed by atoms with E-state index in [1.165, 1.54) is 0 Å². The molecule has 0 atom stereocenters. The van der Waals surface area contributed by atoms with E-state index in [0.717, 1.165) is 69.2 Å². The summed E-state index contributed by atoms with van der Waals surface area (Å²) in [6.07, 6.45) is 3.24. The molecule has 0 spiro atoms. The first kappa shape index (κ1) is 22.0. The molecule has 2 N–H and O–H groups in total. The first-order chi connectivity index (χ1) is 12.9. The van der Waals surface area contributed by atoms with E-state index in [-0.39, 0.29) is 5.54 Å². The minimum absolute atomic E-state index is 0.0346. The van der Waals surface area contributed by atoms with Crippen LogP contribution in [0.25, 0.3) is 0 Å². The molecule has 1 fully saturated rings. The number of aryl methyl sites for hydroxylation is 1. The Balaban J connectivity index is 1.95. The number of rotatable bonds is 9. The normalized spacial score (nSPS) is 16.6. The Hall–Kier alpha value is -1.32. The van der Waals surface area contributed by atoms with Crippen molar-refractivity contribution in [1.82, 2.24) is 30.3 Å². The van der Waals surface area contributed by atoms with Gasteiger partial charge in [0.1, 0.15) is 12.4 Å². The van der Waals surface area contributed by atoms with Crippen molar-refractivity contribution in [2.45, 2.75) is 39.3 Å². The maximum absolute atomic E-state index is 5.48. The van der Waals surface area contributed by atoms with Crippen LogP contribution in [0.1, 0.15) is 31.9 Å². The first-order valence-corrected chi connectivity index (χ1v) is 11.0. The van der Waals surface area contributed by atoms with E-state index in [1.807, 2.05) is 30.3 Å². The van der Waals surface area contributed by atoms with Crippen LogP contribution in [-0.2, 0) is 18.3 Å². The molecule has 0 amide bonds. The molecule has 1 aromatic rings. The monoisotopic (exact) mass is 397 g/mol. The third-order valence-electron chi connectivity index (χ3n) is 4.93. The molecule has 154 valence electrons. The Morgan fingerprint density at radius 3 is 2.63 bits per heavy atom. The molecule has 2 rings (SSSR count). The summed E-state index contributed by atoms with van der Waals surface area (Å²) in [5.74, 6) is 3.74. The molecule has 9 heteroatoms. The minimum atomic E-state index is 0.0346. The zero-order valence-corrected chi connectivity index (χ0v) is 18.2. The molecule has 8 nitrogen and oxygen atoms in total. The lowest BCUT2D eigenvalue weighted by molar-refractivity contribution is -0.00834. The van der Waals surface area contributed by atoms with Crippen LogP contribution in [0, 0.1) is 6.92 Å². The summed E-state index contributed by atoms with van der Waals surface area (Å²) in [5, 5.41) is 15.3. The number of guanidine groups is 1. The summed E-state index contributed by atoms with van der Waals surface area (Å²) >= 11 is 1.86. The van der Waals surface area contributed by atoms with Crippen LogP contribution in [0.5, 0.6) is 0 Å². The molecule has 1 aliphatic heterocycles. The second kappa shape index (κ2) is 10.9. The molecule has 2 heterocycles. The van der Waals surface area contributed by atoms with E-state index < -0.39 is 0 Å². The summed E-state index contributed by atoms with van der Waals surface area (Å²) in [7, 11) is 1.97. The predicted molar refractivity (Wildman–Crippen MR) is 112 cm³/mol. The van der Waals surface area contributed by atoms with E-state index in [2.05, 4.69) is 45.8 Å². The Bertz CT molecular complexity index is 597. The highest BCUT2D eigenvalue weighted by atomic mass is 32.2. The maximum Gasteiger partial charge on any atom is 0.191 e. The smallest absolute Gasteiger partial charge is 0.191 e. The van der Waals surface area contributed by atoms with Crippen LogP contribution in [0.2, 0.25) is 0 Å². The van der Waals surface area contributed by atoms with Crippen molar-refractivity contribution in [3.05, 3.63) is 11.6 Å². The molecule has 0 bridgehead atoms. The lowest BCUT2D eigenvalue weighted by atomic mass is 10.0. The van der Waals surface area contributed by atoms with Crippen molar-refractivity contribution in [2.75, 3.05) is 51.4 Å². The van der Waals surface area contributed by atoms with Crippen LogP contribution in [0.4, 0.5) is 0 Å². The number of nitrogens with zero attached hydrogens (tertiary/aromatic N) is 5. The van der Waals surface area contributed by atoms with Crippen molar-refractivity contribution in [3.63, 3.8) is 0 Å². The van der Waals surface area contributed by atoms with Gasteiger partial charge in [0.05, 0.1) is 13.2 Å². The molecule has 27 heavy (non-hydrogen) atoms. The molecule has 1 aromatic heterocycles. The van der Waals surface area contributed by atoms with E-state index in [4.69, 9.17) is 9.73 Å². The molecule has 0 unspecified atom stereocenters. The van der Waals surface area contributed by atoms with Crippen LogP contribution in [0.15, 0.2) is 4.99 Å². The van der Waals surface area contributed by atoms with Gasteiger partial charge in [0.15, 0.2) is 11.8 Å². The predicted octanol–water partition coefficient (Wildman–Crippen LogP) is 1.02. The second-order valence-electron chi connectivity index (χ2n) is 7.43. The van der Waals surface area contributed by atoms with Crippen molar-refractivity contribution in [1.29, 1.82) is 0 Å². The standard InChI is InChI=1S/C18H35N7OS/c1-15-22-23-16(24(15)4)13-20-17(19-7-6-12-27-5)21-14-18(2,3)25-8-10-26-11-9-25/h6-14H2,1-5H3,(H2,19,20,21). The van der Waals surface area contributed by atoms with Crippen LogP contribution in [0.3, 0.4) is 0 Å². The summed E-state index contributed by atoms with van der Waals surface area (Å²) in [6, 6.07) is 0. The largest absolute Gasteiger partial charge is 0.379 e. The van der Waals surface area contributed by atoms with Crippen LogP contribution >= 0.6 is 11.8 Å². The van der Waals surface area contributed by atoms with Gasteiger partial charge >= 0.3 is 0 Å². The van der Waals surface area contributed by atoms with Gasteiger partial charge in [-0.05, 0) is 39.2 Å². The summed E-state index contributed by atoms with van der Waals surface area (Å²) < 4.78 is 7.46. The third-order valence-corrected chi connectivity index (χ3v) is 5.63. The molecule has 1 saturated heterocycles. The van der Waals surface area contributed by atoms with E-state index in [1.54, 1.807) is 0 Å².